The Bertz CT molecular complexity index is 630. The molecule has 0 bridgehead atoms. The molecule has 0 unspecified atom stereocenters. The van der Waals surface area contributed by atoms with Gasteiger partial charge in [-0.15, -0.1) is 11.3 Å². The van der Waals surface area contributed by atoms with Crippen molar-refractivity contribution in [2.24, 2.45) is 0 Å². The summed E-state index contributed by atoms with van der Waals surface area (Å²) in [6.07, 6.45) is 3.12. The van der Waals surface area contributed by atoms with Crippen molar-refractivity contribution in [2.75, 3.05) is 14.2 Å². The highest BCUT2D eigenvalue weighted by atomic mass is 32.1. The fourth-order valence-electron chi connectivity index (χ4n) is 1.73. The highest BCUT2D eigenvalue weighted by Crippen LogP contribution is 2.33. The first-order valence-corrected chi connectivity index (χ1v) is 6.74. The van der Waals surface area contributed by atoms with Crippen LogP contribution in [0.2, 0.25) is 0 Å². The van der Waals surface area contributed by atoms with Crippen LogP contribution >= 0.6 is 11.3 Å². The number of hydrogen-bond acceptors (Lipinski definition) is 5. The fourth-order valence-corrected chi connectivity index (χ4v) is 2.35. The van der Waals surface area contributed by atoms with Crippen LogP contribution in [0.15, 0.2) is 35.7 Å². The van der Waals surface area contributed by atoms with E-state index in [9.17, 15) is 9.90 Å². The standard InChI is InChI=1S/C15H14O4S/c1-18-10-8-13(17)15(14(9-10)19-2)12(16)6-5-11-4-3-7-20-11/h3-9,17H,1-2H3. The Morgan fingerprint density at radius 1 is 1.30 bits per heavy atom. The van der Waals surface area contributed by atoms with Crippen molar-refractivity contribution in [1.82, 2.24) is 0 Å². The number of phenolic OH excluding ortho intramolecular Hbond substituents is 1. The average molecular weight is 290 g/mol. The minimum Gasteiger partial charge on any atom is -0.507 e. The third-order valence-corrected chi connectivity index (χ3v) is 3.54. The van der Waals surface area contributed by atoms with Gasteiger partial charge < -0.3 is 14.6 Å². The number of hydrogen-bond donors (Lipinski definition) is 1. The molecule has 0 aliphatic rings. The number of allylic oxidation sites excluding steroid dienone is 1. The molecule has 5 heteroatoms. The van der Waals surface area contributed by atoms with Gasteiger partial charge in [0, 0.05) is 17.0 Å². The smallest absolute Gasteiger partial charge is 0.193 e. The van der Waals surface area contributed by atoms with E-state index in [1.54, 1.807) is 12.1 Å². The zero-order valence-electron chi connectivity index (χ0n) is 11.1. The van der Waals surface area contributed by atoms with Crippen molar-refractivity contribution in [3.63, 3.8) is 0 Å². The molecule has 0 aliphatic heterocycles. The maximum Gasteiger partial charge on any atom is 0.193 e. The first-order chi connectivity index (χ1) is 9.65. The van der Waals surface area contributed by atoms with E-state index in [0.717, 1.165) is 4.88 Å². The molecule has 0 saturated carbocycles. The predicted octanol–water partition coefficient (Wildman–Crippen LogP) is 3.37. The second kappa shape index (κ2) is 6.25. The first kappa shape index (κ1) is 14.1. The molecule has 1 aromatic heterocycles. The number of ether oxygens (including phenoxy) is 2. The molecule has 0 saturated heterocycles. The zero-order chi connectivity index (χ0) is 14.5. The lowest BCUT2D eigenvalue weighted by molar-refractivity contribution is 0.104. The molecule has 4 nitrogen and oxygen atoms in total. The van der Waals surface area contributed by atoms with Gasteiger partial charge in [-0.3, -0.25) is 4.79 Å². The van der Waals surface area contributed by atoms with Crippen molar-refractivity contribution in [1.29, 1.82) is 0 Å². The molecule has 0 fully saturated rings. The molecule has 1 N–H and O–H groups in total. The predicted molar refractivity (Wildman–Crippen MR) is 78.9 cm³/mol. The molecule has 1 heterocycles. The van der Waals surface area contributed by atoms with Crippen LogP contribution in [0.4, 0.5) is 0 Å². The van der Waals surface area contributed by atoms with Crippen LogP contribution in [0.1, 0.15) is 15.2 Å². The zero-order valence-corrected chi connectivity index (χ0v) is 11.9. The fraction of sp³-hybridized carbons (Fsp3) is 0.133. The number of ketones is 1. The number of benzene rings is 1. The van der Waals surface area contributed by atoms with Crippen LogP contribution in [0.5, 0.6) is 17.2 Å². The molecule has 0 spiro atoms. The number of phenols is 1. The summed E-state index contributed by atoms with van der Waals surface area (Å²) in [5.41, 5.74) is 0.126. The van der Waals surface area contributed by atoms with Crippen molar-refractivity contribution < 1.29 is 19.4 Å². The molecule has 2 rings (SSSR count). The van der Waals surface area contributed by atoms with Gasteiger partial charge in [-0.25, -0.2) is 0 Å². The summed E-state index contributed by atoms with van der Waals surface area (Å²) in [5, 5.41) is 11.9. The summed E-state index contributed by atoms with van der Waals surface area (Å²) in [6, 6.07) is 6.75. The summed E-state index contributed by atoms with van der Waals surface area (Å²) in [5.74, 6) is 0.221. The summed E-state index contributed by atoms with van der Waals surface area (Å²) >= 11 is 1.53. The lowest BCUT2D eigenvalue weighted by Gasteiger charge is -2.10. The second-order valence-corrected chi connectivity index (χ2v) is 4.92. The van der Waals surface area contributed by atoms with Gasteiger partial charge in [0.1, 0.15) is 22.8 Å². The van der Waals surface area contributed by atoms with Gasteiger partial charge >= 0.3 is 0 Å². The molecule has 0 radical (unpaired) electrons. The molecule has 0 amide bonds. The second-order valence-electron chi connectivity index (χ2n) is 3.94. The molecular formula is C15H14O4S. The third kappa shape index (κ3) is 3.00. The summed E-state index contributed by atoms with van der Waals surface area (Å²) in [6.45, 7) is 0. The van der Waals surface area contributed by atoms with Crippen LogP contribution < -0.4 is 9.47 Å². The number of aromatic hydroxyl groups is 1. The molecule has 104 valence electrons. The van der Waals surface area contributed by atoms with E-state index in [2.05, 4.69) is 0 Å². The summed E-state index contributed by atoms with van der Waals surface area (Å²) < 4.78 is 10.2. The average Bonchev–Trinajstić information content (AvgIpc) is 2.97. The van der Waals surface area contributed by atoms with Crippen LogP contribution in [0.25, 0.3) is 6.08 Å². The number of methoxy groups -OCH3 is 2. The van der Waals surface area contributed by atoms with Crippen molar-refractivity contribution in [2.45, 2.75) is 0 Å². The van der Waals surface area contributed by atoms with Gasteiger partial charge in [-0.2, -0.15) is 0 Å². The largest absolute Gasteiger partial charge is 0.507 e. The Morgan fingerprint density at radius 2 is 2.10 bits per heavy atom. The van der Waals surface area contributed by atoms with Crippen LogP contribution in [-0.2, 0) is 0 Å². The lowest BCUT2D eigenvalue weighted by atomic mass is 10.1. The normalized spacial score (nSPS) is 10.7. The molecule has 0 aliphatic carbocycles. The van der Waals surface area contributed by atoms with Crippen LogP contribution in [-0.4, -0.2) is 25.1 Å². The van der Waals surface area contributed by atoms with Gasteiger partial charge in [0.15, 0.2) is 5.78 Å². The molecule has 2 aromatic rings. The first-order valence-electron chi connectivity index (χ1n) is 5.86. The minimum absolute atomic E-state index is 0.126. The molecule has 20 heavy (non-hydrogen) atoms. The Morgan fingerprint density at radius 3 is 2.70 bits per heavy atom. The highest BCUT2D eigenvalue weighted by molar-refractivity contribution is 7.10. The molecule has 1 aromatic carbocycles. The quantitative estimate of drug-likeness (QED) is 0.677. The van der Waals surface area contributed by atoms with E-state index in [4.69, 9.17) is 9.47 Å². The Kier molecular flexibility index (Phi) is 4.42. The van der Waals surface area contributed by atoms with E-state index in [1.165, 1.54) is 37.7 Å². The summed E-state index contributed by atoms with van der Waals surface area (Å²) in [7, 11) is 2.92. The maximum atomic E-state index is 12.2. The molecule has 0 atom stereocenters. The Balaban J connectivity index is 2.34. The van der Waals surface area contributed by atoms with Crippen molar-refractivity contribution >= 4 is 23.2 Å². The number of rotatable bonds is 5. The Hall–Kier alpha value is -2.27. The van der Waals surface area contributed by atoms with Crippen molar-refractivity contribution in [3.05, 3.63) is 46.2 Å². The number of carbonyl (C=O) groups is 1. The van der Waals surface area contributed by atoms with Gasteiger partial charge in [-0.1, -0.05) is 6.07 Å². The van der Waals surface area contributed by atoms with E-state index < -0.39 is 0 Å². The van der Waals surface area contributed by atoms with E-state index in [1.807, 2.05) is 17.5 Å². The summed E-state index contributed by atoms with van der Waals surface area (Å²) in [4.78, 5) is 13.1. The maximum absolute atomic E-state index is 12.2. The van der Waals surface area contributed by atoms with Gasteiger partial charge in [0.2, 0.25) is 0 Å². The van der Waals surface area contributed by atoms with Crippen molar-refractivity contribution in [3.8, 4) is 17.2 Å². The van der Waals surface area contributed by atoms with Gasteiger partial charge in [-0.05, 0) is 23.6 Å². The van der Waals surface area contributed by atoms with Gasteiger partial charge in [0.25, 0.3) is 0 Å². The minimum atomic E-state index is -0.324. The highest BCUT2D eigenvalue weighted by Gasteiger charge is 2.17. The monoisotopic (exact) mass is 290 g/mol. The number of thiophene rings is 1. The van der Waals surface area contributed by atoms with Crippen LogP contribution in [0.3, 0.4) is 0 Å². The van der Waals surface area contributed by atoms with Crippen LogP contribution in [0, 0.1) is 0 Å². The third-order valence-electron chi connectivity index (χ3n) is 2.70. The Labute approximate surface area is 120 Å². The molecular weight excluding hydrogens is 276 g/mol. The lowest BCUT2D eigenvalue weighted by Crippen LogP contribution is -2.00. The van der Waals surface area contributed by atoms with E-state index >= 15 is 0 Å². The number of carbonyl (C=O) groups excluding carboxylic acids is 1. The van der Waals surface area contributed by atoms with E-state index in [0.29, 0.717) is 5.75 Å². The topological polar surface area (TPSA) is 55.8 Å². The van der Waals surface area contributed by atoms with E-state index in [-0.39, 0.29) is 22.8 Å². The van der Waals surface area contributed by atoms with Gasteiger partial charge in [0.05, 0.1) is 14.2 Å². The SMILES string of the molecule is COc1cc(O)c(C(=O)C=Cc2cccs2)c(OC)c1.